The third-order valence-electron chi connectivity index (χ3n) is 15.9. The highest BCUT2D eigenvalue weighted by Gasteiger charge is 2.50. The summed E-state index contributed by atoms with van der Waals surface area (Å²) in [5, 5.41) is 31.7. The molecule has 87 heavy (non-hydrogen) atoms. The summed E-state index contributed by atoms with van der Waals surface area (Å²) in [7, 11) is 0. The van der Waals surface area contributed by atoms with E-state index in [1.807, 2.05) is 0 Å². The van der Waals surface area contributed by atoms with E-state index in [0.717, 1.165) is 128 Å². The summed E-state index contributed by atoms with van der Waals surface area (Å²) < 4.78 is 28.6. The fourth-order valence-electron chi connectivity index (χ4n) is 10.4. The van der Waals surface area contributed by atoms with Crippen LogP contribution in [0.5, 0.6) is 0 Å². The number of carboxylic acid groups (broad SMARTS) is 1. The third-order valence-corrected chi connectivity index (χ3v) is 15.9. The predicted molar refractivity (Wildman–Crippen MR) is 358 cm³/mol. The summed E-state index contributed by atoms with van der Waals surface area (Å²) in [6.07, 6.45) is 69.5. The highest BCUT2D eigenvalue weighted by Crippen LogP contribution is 2.27. The van der Waals surface area contributed by atoms with Crippen molar-refractivity contribution in [1.29, 1.82) is 0 Å². The van der Waals surface area contributed by atoms with Gasteiger partial charge in [-0.1, -0.05) is 260 Å². The average Bonchev–Trinajstić information content (AvgIpc) is 2.56. The lowest BCUT2D eigenvalue weighted by Crippen LogP contribution is -2.61. The zero-order valence-corrected chi connectivity index (χ0v) is 55.5. The first kappa shape index (κ1) is 80.9. The molecule has 0 amide bonds. The molecule has 1 aliphatic heterocycles. The smallest absolute Gasteiger partial charge is 0.335 e. The number of rotatable bonds is 61. The molecule has 6 unspecified atom stereocenters. The normalized spacial score (nSPS) is 17.8. The molecule has 0 bridgehead atoms. The standard InChI is InChI=1S/C75H128O12/c1-4-7-10-13-16-19-22-25-28-31-34-37-40-43-46-49-52-55-58-61-67(76)83-64-66(85-68(77)62-59-56-53-50-47-44-41-38-35-32-29-26-23-20-17-14-11-8-5-2)65-84-75-73(71(80)70(79)72(87-75)74(81)82)86-69(78)63-60-57-54-51-48-45-42-39-36-33-30-27-24-21-18-15-12-9-6-3/h16,18-19,21,25-30,34,36-37,39,66,70-73,75,79-80H,4-15,17,20,22-24,31-33,35,38,40-65H2,1-3H3,(H,81,82)/b19-16-,21-18-,28-25-,29-26-,30-27-,37-34-,39-36-. The van der Waals surface area contributed by atoms with Crippen LogP contribution < -0.4 is 0 Å². The van der Waals surface area contributed by atoms with Crippen molar-refractivity contribution in [3.8, 4) is 0 Å². The van der Waals surface area contributed by atoms with E-state index in [0.29, 0.717) is 19.3 Å². The molecule has 0 radical (unpaired) electrons. The number of hydrogen-bond acceptors (Lipinski definition) is 11. The molecule has 12 nitrogen and oxygen atoms in total. The van der Waals surface area contributed by atoms with E-state index in [1.54, 1.807) is 0 Å². The number of carbonyl (C=O) groups excluding carboxylic acids is 3. The second-order valence-electron chi connectivity index (χ2n) is 24.2. The SMILES string of the molecule is CCCCC/C=C\C/C=C\C/C=C\CCCCCCCCC(=O)OCC(COC1OC(C(=O)O)C(O)C(O)C1OC(=O)CCCCCCCC/C=C\C/C=C\C/C=C\CCCCC)OC(=O)CCCCCCCCCCC/C=C\CCCCCCCC. The minimum atomic E-state index is -1.91. The van der Waals surface area contributed by atoms with Crippen LogP contribution in [-0.2, 0) is 42.9 Å². The van der Waals surface area contributed by atoms with Crippen LogP contribution in [0, 0.1) is 0 Å². The van der Waals surface area contributed by atoms with Crippen molar-refractivity contribution in [2.45, 2.75) is 353 Å². The minimum Gasteiger partial charge on any atom is -0.479 e. The summed E-state index contributed by atoms with van der Waals surface area (Å²) in [6.45, 7) is 5.97. The van der Waals surface area contributed by atoms with E-state index in [4.69, 9.17) is 23.7 Å². The van der Waals surface area contributed by atoms with Crippen LogP contribution in [0.2, 0.25) is 0 Å². The molecule has 0 aromatic heterocycles. The zero-order valence-electron chi connectivity index (χ0n) is 55.5. The van der Waals surface area contributed by atoms with Crippen molar-refractivity contribution < 1.29 is 58.2 Å². The first-order valence-corrected chi connectivity index (χ1v) is 35.6. The topological polar surface area (TPSA) is 175 Å². The Morgan fingerprint density at radius 1 is 0.379 bits per heavy atom. The first-order chi connectivity index (χ1) is 42.6. The average molecular weight is 1220 g/mol. The van der Waals surface area contributed by atoms with Crippen LogP contribution in [0.4, 0.5) is 0 Å². The van der Waals surface area contributed by atoms with Gasteiger partial charge < -0.3 is 39.0 Å². The van der Waals surface area contributed by atoms with Gasteiger partial charge in [-0.15, -0.1) is 0 Å². The first-order valence-electron chi connectivity index (χ1n) is 35.6. The van der Waals surface area contributed by atoms with Gasteiger partial charge in [-0.2, -0.15) is 0 Å². The van der Waals surface area contributed by atoms with Gasteiger partial charge in [0.15, 0.2) is 24.6 Å². The molecule has 12 heteroatoms. The van der Waals surface area contributed by atoms with Crippen LogP contribution in [0.1, 0.15) is 316 Å². The summed E-state index contributed by atoms with van der Waals surface area (Å²) >= 11 is 0. The van der Waals surface area contributed by atoms with E-state index in [1.165, 1.54) is 128 Å². The van der Waals surface area contributed by atoms with Crippen LogP contribution in [0.25, 0.3) is 0 Å². The molecule has 6 atom stereocenters. The van der Waals surface area contributed by atoms with Gasteiger partial charge in [0, 0.05) is 19.3 Å². The Labute approximate surface area is 531 Å². The van der Waals surface area contributed by atoms with Crippen molar-refractivity contribution in [2.24, 2.45) is 0 Å². The van der Waals surface area contributed by atoms with Crippen molar-refractivity contribution in [1.82, 2.24) is 0 Å². The third kappa shape index (κ3) is 51.4. The summed E-state index contributed by atoms with van der Waals surface area (Å²) in [6, 6.07) is 0. The molecule has 1 aliphatic rings. The Bertz CT molecular complexity index is 1830. The molecule has 0 spiro atoms. The Hall–Kier alpha value is -4.10. The highest BCUT2D eigenvalue weighted by molar-refractivity contribution is 5.74. The molecule has 1 rings (SSSR count). The van der Waals surface area contributed by atoms with Gasteiger partial charge in [-0.3, -0.25) is 14.4 Å². The highest BCUT2D eigenvalue weighted by atomic mass is 16.7. The fraction of sp³-hybridized carbons (Fsp3) is 0.760. The lowest BCUT2D eigenvalue weighted by atomic mass is 9.98. The Kier molecular flexibility index (Phi) is 57.8. The van der Waals surface area contributed by atoms with E-state index >= 15 is 0 Å². The number of aliphatic carboxylic acids is 1. The second kappa shape index (κ2) is 62.1. The Balaban J connectivity index is 2.65. The van der Waals surface area contributed by atoms with Crippen LogP contribution >= 0.6 is 0 Å². The molecule has 1 fully saturated rings. The minimum absolute atomic E-state index is 0.0425. The van der Waals surface area contributed by atoms with Gasteiger partial charge in [0.05, 0.1) is 6.61 Å². The van der Waals surface area contributed by atoms with Gasteiger partial charge in [0.2, 0.25) is 0 Å². The van der Waals surface area contributed by atoms with E-state index in [-0.39, 0.29) is 25.9 Å². The predicted octanol–water partition coefficient (Wildman–Crippen LogP) is 19.8. The second-order valence-corrected chi connectivity index (χ2v) is 24.2. The molecule has 1 saturated heterocycles. The molecule has 0 aliphatic carbocycles. The van der Waals surface area contributed by atoms with Crippen LogP contribution in [0.3, 0.4) is 0 Å². The number of esters is 3. The van der Waals surface area contributed by atoms with Gasteiger partial charge in [-0.05, 0) is 122 Å². The molecular formula is C75H128O12. The van der Waals surface area contributed by atoms with E-state index in [2.05, 4.69) is 106 Å². The molecule has 0 aromatic rings. The maximum Gasteiger partial charge on any atom is 0.335 e. The summed E-state index contributed by atoms with van der Waals surface area (Å²) in [5.41, 5.74) is 0. The maximum atomic E-state index is 13.3. The Morgan fingerprint density at radius 3 is 1.08 bits per heavy atom. The number of unbranched alkanes of at least 4 members (excludes halogenated alkanes) is 33. The van der Waals surface area contributed by atoms with E-state index in [9.17, 15) is 34.5 Å². The van der Waals surface area contributed by atoms with Gasteiger partial charge in [0.25, 0.3) is 0 Å². The number of allylic oxidation sites excluding steroid dienone is 14. The summed E-state index contributed by atoms with van der Waals surface area (Å²) in [5.74, 6) is -3.14. The number of carboxylic acids is 1. The molecular weight excluding hydrogens is 1090 g/mol. The number of aliphatic hydroxyl groups excluding tert-OH is 2. The quantitative estimate of drug-likeness (QED) is 0.0228. The van der Waals surface area contributed by atoms with Gasteiger partial charge in [-0.25, -0.2) is 4.79 Å². The van der Waals surface area contributed by atoms with Crippen molar-refractivity contribution in [2.75, 3.05) is 13.2 Å². The molecule has 0 saturated carbocycles. The number of aliphatic hydroxyl groups is 2. The largest absolute Gasteiger partial charge is 0.479 e. The Morgan fingerprint density at radius 2 is 0.690 bits per heavy atom. The maximum absolute atomic E-state index is 13.3. The van der Waals surface area contributed by atoms with E-state index < -0.39 is 67.3 Å². The number of carbonyl (C=O) groups is 4. The van der Waals surface area contributed by atoms with Gasteiger partial charge in [0.1, 0.15) is 18.8 Å². The van der Waals surface area contributed by atoms with Crippen LogP contribution in [-0.4, -0.2) is 89.2 Å². The fourth-order valence-corrected chi connectivity index (χ4v) is 10.4. The molecule has 1 heterocycles. The van der Waals surface area contributed by atoms with Crippen molar-refractivity contribution in [3.05, 3.63) is 85.1 Å². The lowest BCUT2D eigenvalue weighted by Gasteiger charge is -2.40. The zero-order chi connectivity index (χ0) is 63.1. The van der Waals surface area contributed by atoms with Crippen molar-refractivity contribution >= 4 is 23.9 Å². The van der Waals surface area contributed by atoms with Gasteiger partial charge >= 0.3 is 23.9 Å². The molecule has 0 aromatic carbocycles. The monoisotopic (exact) mass is 1220 g/mol. The van der Waals surface area contributed by atoms with Crippen LogP contribution in [0.15, 0.2) is 85.1 Å². The molecule has 3 N–H and O–H groups in total. The summed E-state index contributed by atoms with van der Waals surface area (Å²) in [4.78, 5) is 51.5. The van der Waals surface area contributed by atoms with Crippen molar-refractivity contribution in [3.63, 3.8) is 0 Å². The molecule has 500 valence electrons. The number of hydrogen-bond donors (Lipinski definition) is 3. The lowest BCUT2D eigenvalue weighted by molar-refractivity contribution is -0.301. The number of ether oxygens (including phenoxy) is 5.